The van der Waals surface area contributed by atoms with Crippen molar-refractivity contribution in [1.29, 1.82) is 0 Å². The van der Waals surface area contributed by atoms with Gasteiger partial charge >= 0.3 is 6.18 Å². The van der Waals surface area contributed by atoms with Gasteiger partial charge in [0.15, 0.2) is 9.84 Å². The van der Waals surface area contributed by atoms with Gasteiger partial charge in [0.2, 0.25) is 0 Å². The van der Waals surface area contributed by atoms with Crippen LogP contribution in [-0.2, 0) is 16.0 Å². The Hall–Kier alpha value is -1.08. The summed E-state index contributed by atoms with van der Waals surface area (Å²) in [6.45, 7) is -0.0887. The maximum absolute atomic E-state index is 12.5. The summed E-state index contributed by atoms with van der Waals surface area (Å²) in [5.74, 6) is -0.0643. The van der Waals surface area contributed by atoms with Crippen molar-refractivity contribution in [2.45, 2.75) is 29.2 Å². The monoisotopic (exact) mass is 294 g/mol. The third-order valence-electron chi connectivity index (χ3n) is 3.38. The Labute approximate surface area is 109 Å². The number of hydrogen-bond donors (Lipinski definition) is 1. The first kappa shape index (κ1) is 14.3. The van der Waals surface area contributed by atoms with Gasteiger partial charge in [0, 0.05) is 6.61 Å². The van der Waals surface area contributed by atoms with Crippen LogP contribution in [0, 0.1) is 5.92 Å². The molecule has 0 atom stereocenters. The van der Waals surface area contributed by atoms with Crippen LogP contribution < -0.4 is 0 Å². The van der Waals surface area contributed by atoms with Gasteiger partial charge in [-0.15, -0.1) is 0 Å². The molecule has 1 fully saturated rings. The molecule has 2 rings (SSSR count). The minimum Gasteiger partial charge on any atom is -0.396 e. The molecule has 1 aliphatic carbocycles. The lowest BCUT2D eigenvalue weighted by atomic mass is 9.86. The molecule has 1 aliphatic rings. The van der Waals surface area contributed by atoms with Crippen molar-refractivity contribution in [2.24, 2.45) is 5.92 Å². The molecular weight excluding hydrogens is 281 g/mol. The summed E-state index contributed by atoms with van der Waals surface area (Å²) >= 11 is 0. The van der Waals surface area contributed by atoms with Crippen LogP contribution in [0.25, 0.3) is 0 Å². The minimum absolute atomic E-state index is 0.0643. The highest BCUT2D eigenvalue weighted by molar-refractivity contribution is 7.92. The van der Waals surface area contributed by atoms with E-state index in [2.05, 4.69) is 0 Å². The zero-order valence-corrected chi connectivity index (χ0v) is 10.7. The highest BCUT2D eigenvalue weighted by Crippen LogP contribution is 2.37. The van der Waals surface area contributed by atoms with Crippen LogP contribution in [0.2, 0.25) is 0 Å². The predicted octanol–water partition coefficient (Wildman–Crippen LogP) is 2.25. The molecule has 0 radical (unpaired) electrons. The Morgan fingerprint density at radius 3 is 2.42 bits per heavy atom. The SMILES string of the molecule is O=S(=O)(c1cccc(C(F)(F)F)c1)[C@H]1C[C@@H](CO)C1. The summed E-state index contributed by atoms with van der Waals surface area (Å²) in [7, 11) is -3.74. The zero-order valence-electron chi connectivity index (χ0n) is 9.89. The van der Waals surface area contributed by atoms with Gasteiger partial charge in [-0.25, -0.2) is 8.42 Å². The molecule has 3 nitrogen and oxygen atoms in total. The molecule has 1 aromatic carbocycles. The third kappa shape index (κ3) is 2.76. The number of hydrogen-bond acceptors (Lipinski definition) is 3. The van der Waals surface area contributed by atoms with Gasteiger partial charge < -0.3 is 5.11 Å². The minimum atomic E-state index is -4.56. The molecule has 106 valence electrons. The van der Waals surface area contributed by atoms with E-state index in [0.717, 1.165) is 12.1 Å². The molecule has 0 spiro atoms. The lowest BCUT2D eigenvalue weighted by Gasteiger charge is -2.33. The van der Waals surface area contributed by atoms with E-state index in [1.807, 2.05) is 0 Å². The number of aliphatic hydroxyl groups is 1. The van der Waals surface area contributed by atoms with E-state index in [4.69, 9.17) is 5.11 Å². The molecule has 0 saturated heterocycles. The van der Waals surface area contributed by atoms with Gasteiger partial charge in [-0.3, -0.25) is 0 Å². The molecule has 0 heterocycles. The fourth-order valence-corrected chi connectivity index (χ4v) is 4.11. The Morgan fingerprint density at radius 1 is 1.26 bits per heavy atom. The van der Waals surface area contributed by atoms with Crippen molar-refractivity contribution in [3.8, 4) is 0 Å². The molecule has 0 unspecified atom stereocenters. The van der Waals surface area contributed by atoms with E-state index >= 15 is 0 Å². The Kier molecular flexibility index (Phi) is 3.61. The van der Waals surface area contributed by atoms with Crippen LogP contribution in [0.4, 0.5) is 13.2 Å². The van der Waals surface area contributed by atoms with E-state index < -0.39 is 26.8 Å². The lowest BCUT2D eigenvalue weighted by Crippen LogP contribution is -2.37. The van der Waals surface area contributed by atoms with Crippen LogP contribution >= 0.6 is 0 Å². The average Bonchev–Trinajstić information content (AvgIpc) is 2.26. The molecular formula is C12H13F3O3S. The summed E-state index contributed by atoms with van der Waals surface area (Å²) in [4.78, 5) is -0.302. The Balaban J connectivity index is 2.27. The molecule has 0 aliphatic heterocycles. The molecule has 0 amide bonds. The first-order valence-corrected chi connectivity index (χ1v) is 7.32. The Bertz CT molecular complexity index is 560. The molecule has 1 aromatic rings. The fourth-order valence-electron chi connectivity index (χ4n) is 2.12. The summed E-state index contributed by atoms with van der Waals surface area (Å²) in [6.07, 6.45) is -3.96. The molecule has 1 saturated carbocycles. The summed E-state index contributed by atoms with van der Waals surface area (Å²) in [5.41, 5.74) is -0.966. The number of sulfone groups is 1. The van der Waals surface area contributed by atoms with Gasteiger partial charge in [0.1, 0.15) is 0 Å². The number of rotatable bonds is 3. The summed E-state index contributed by atoms with van der Waals surface area (Å²) < 4.78 is 61.8. The predicted molar refractivity (Wildman–Crippen MR) is 62.2 cm³/mol. The largest absolute Gasteiger partial charge is 0.416 e. The van der Waals surface area contributed by atoms with Gasteiger partial charge in [-0.05, 0) is 37.0 Å². The van der Waals surface area contributed by atoms with Crippen LogP contribution in [-0.4, -0.2) is 25.4 Å². The topological polar surface area (TPSA) is 54.4 Å². The van der Waals surface area contributed by atoms with Crippen LogP contribution in [0.15, 0.2) is 29.2 Å². The second kappa shape index (κ2) is 4.79. The van der Waals surface area contributed by atoms with Crippen molar-refractivity contribution in [3.63, 3.8) is 0 Å². The van der Waals surface area contributed by atoms with E-state index in [0.29, 0.717) is 18.9 Å². The number of alkyl halides is 3. The smallest absolute Gasteiger partial charge is 0.396 e. The standard InChI is InChI=1S/C12H13F3O3S/c13-12(14,15)9-2-1-3-10(6-9)19(17,18)11-4-8(5-11)7-16/h1-3,6,8,11,16H,4-5,7H2/t8-,11+. The molecule has 0 aromatic heterocycles. The number of halogens is 3. The van der Waals surface area contributed by atoms with E-state index in [9.17, 15) is 21.6 Å². The molecule has 0 bridgehead atoms. The normalized spacial score (nSPS) is 24.0. The van der Waals surface area contributed by atoms with Gasteiger partial charge in [-0.2, -0.15) is 13.2 Å². The van der Waals surface area contributed by atoms with Crippen molar-refractivity contribution in [1.82, 2.24) is 0 Å². The van der Waals surface area contributed by atoms with Crippen molar-refractivity contribution in [3.05, 3.63) is 29.8 Å². The molecule has 1 N–H and O–H groups in total. The van der Waals surface area contributed by atoms with E-state index in [1.165, 1.54) is 6.07 Å². The quantitative estimate of drug-likeness (QED) is 0.930. The highest BCUT2D eigenvalue weighted by Gasteiger charge is 2.40. The second-order valence-corrected chi connectivity index (χ2v) is 6.94. The van der Waals surface area contributed by atoms with Crippen molar-refractivity contribution in [2.75, 3.05) is 6.61 Å². The third-order valence-corrected chi connectivity index (χ3v) is 5.55. The molecule has 19 heavy (non-hydrogen) atoms. The first-order chi connectivity index (χ1) is 8.75. The zero-order chi connectivity index (χ0) is 14.3. The van der Waals surface area contributed by atoms with Crippen LogP contribution in [0.5, 0.6) is 0 Å². The van der Waals surface area contributed by atoms with Gasteiger partial charge in [-0.1, -0.05) is 6.07 Å². The van der Waals surface area contributed by atoms with E-state index in [1.54, 1.807) is 0 Å². The van der Waals surface area contributed by atoms with Crippen molar-refractivity contribution < 1.29 is 26.7 Å². The van der Waals surface area contributed by atoms with Gasteiger partial charge in [0.25, 0.3) is 0 Å². The first-order valence-electron chi connectivity index (χ1n) is 5.77. The van der Waals surface area contributed by atoms with Gasteiger partial charge in [0.05, 0.1) is 15.7 Å². The maximum Gasteiger partial charge on any atom is 0.416 e. The van der Waals surface area contributed by atoms with E-state index in [-0.39, 0.29) is 17.4 Å². The van der Waals surface area contributed by atoms with Crippen LogP contribution in [0.3, 0.4) is 0 Å². The Morgan fingerprint density at radius 2 is 1.89 bits per heavy atom. The maximum atomic E-state index is 12.5. The van der Waals surface area contributed by atoms with Crippen LogP contribution in [0.1, 0.15) is 18.4 Å². The number of aliphatic hydroxyl groups excluding tert-OH is 1. The summed E-state index contributed by atoms with van der Waals surface area (Å²) in [5, 5.41) is 8.16. The fraction of sp³-hybridized carbons (Fsp3) is 0.500. The summed E-state index contributed by atoms with van der Waals surface area (Å²) in [6, 6.07) is 3.78. The molecule has 7 heteroatoms. The van der Waals surface area contributed by atoms with Crippen molar-refractivity contribution >= 4 is 9.84 Å². The lowest BCUT2D eigenvalue weighted by molar-refractivity contribution is -0.137. The average molecular weight is 294 g/mol. The highest BCUT2D eigenvalue weighted by atomic mass is 32.2. The second-order valence-electron chi connectivity index (χ2n) is 4.71. The number of benzene rings is 1.